The second-order valence-electron chi connectivity index (χ2n) is 3.20. The van der Waals surface area contributed by atoms with E-state index in [9.17, 15) is 0 Å². The van der Waals surface area contributed by atoms with Gasteiger partial charge in [-0.3, -0.25) is 0 Å². The van der Waals surface area contributed by atoms with Gasteiger partial charge in [0.1, 0.15) is 0 Å². The summed E-state index contributed by atoms with van der Waals surface area (Å²) < 4.78 is 0. The van der Waals surface area contributed by atoms with Crippen molar-refractivity contribution in [1.82, 2.24) is 9.97 Å². The number of fused-ring (bicyclic) bond motifs is 2. The van der Waals surface area contributed by atoms with Gasteiger partial charge in [0.25, 0.3) is 0 Å². The Labute approximate surface area is 106 Å². The molecule has 82 valence electrons. The van der Waals surface area contributed by atoms with Gasteiger partial charge in [-0.05, 0) is 24.3 Å². The van der Waals surface area contributed by atoms with E-state index in [2.05, 4.69) is 9.97 Å². The lowest BCUT2D eigenvalue weighted by Gasteiger charge is -1.98. The van der Waals surface area contributed by atoms with Gasteiger partial charge < -0.3 is 0 Å². The van der Waals surface area contributed by atoms with Crippen LogP contribution in [0.1, 0.15) is 0 Å². The molecule has 0 amide bonds. The van der Waals surface area contributed by atoms with E-state index in [0.717, 1.165) is 22.1 Å². The molecule has 0 unspecified atom stereocenters. The summed E-state index contributed by atoms with van der Waals surface area (Å²) in [5.74, 6) is 0. The Bertz CT molecular complexity index is 506. The first-order chi connectivity index (χ1) is 6.93. The first-order valence-corrected chi connectivity index (χ1v) is 4.55. The molecule has 0 atom stereocenters. The Kier molecular flexibility index (Phi) is 4.05. The number of aromatic nitrogens is 2. The topological polar surface area (TPSA) is 25.8 Å². The highest BCUT2D eigenvalue weighted by Crippen LogP contribution is 2.14. The van der Waals surface area contributed by atoms with E-state index in [0.29, 0.717) is 0 Å². The lowest BCUT2D eigenvalue weighted by atomic mass is 10.2. The van der Waals surface area contributed by atoms with E-state index in [1.54, 1.807) is 0 Å². The van der Waals surface area contributed by atoms with Gasteiger partial charge >= 0.3 is 0 Å². The molecule has 0 fully saturated rings. The van der Waals surface area contributed by atoms with Gasteiger partial charge in [0.05, 0.1) is 22.1 Å². The summed E-state index contributed by atoms with van der Waals surface area (Å²) in [6, 6.07) is 15.8. The Hall–Kier alpha value is -1.38. The van der Waals surface area contributed by atoms with Crippen LogP contribution in [-0.4, -0.2) is 9.97 Å². The molecule has 0 aliphatic heterocycles. The molecular weight excluding hydrogens is 243 g/mol. The van der Waals surface area contributed by atoms with E-state index in [4.69, 9.17) is 0 Å². The molecule has 16 heavy (non-hydrogen) atoms. The minimum atomic E-state index is 0. The van der Waals surface area contributed by atoms with Gasteiger partial charge in [-0.15, -0.1) is 24.8 Å². The average Bonchev–Trinajstić information content (AvgIpc) is 2.26. The van der Waals surface area contributed by atoms with Crippen LogP contribution < -0.4 is 0 Å². The normalized spacial score (nSPS) is 9.50. The molecule has 0 radical (unpaired) electrons. The van der Waals surface area contributed by atoms with Crippen molar-refractivity contribution >= 4 is 46.9 Å². The SMILES string of the molecule is Cl.Cl.c1ccc2nc3ccccc3nc2c1. The van der Waals surface area contributed by atoms with Crippen LogP contribution in [0.3, 0.4) is 0 Å². The molecule has 0 saturated heterocycles. The van der Waals surface area contributed by atoms with Crippen LogP contribution in [0, 0.1) is 0 Å². The monoisotopic (exact) mass is 252 g/mol. The van der Waals surface area contributed by atoms with E-state index >= 15 is 0 Å². The highest BCUT2D eigenvalue weighted by atomic mass is 35.5. The smallest absolute Gasteiger partial charge is 0.0894 e. The average molecular weight is 253 g/mol. The van der Waals surface area contributed by atoms with Crippen molar-refractivity contribution in [3.8, 4) is 0 Å². The summed E-state index contributed by atoms with van der Waals surface area (Å²) in [6.45, 7) is 0. The molecule has 3 aromatic rings. The first kappa shape index (κ1) is 12.7. The Morgan fingerprint density at radius 2 is 0.750 bits per heavy atom. The van der Waals surface area contributed by atoms with Gasteiger partial charge in [-0.2, -0.15) is 0 Å². The molecule has 0 saturated carbocycles. The summed E-state index contributed by atoms with van der Waals surface area (Å²) in [6.07, 6.45) is 0. The number of para-hydroxylation sites is 4. The van der Waals surface area contributed by atoms with Crippen molar-refractivity contribution in [3.63, 3.8) is 0 Å². The molecule has 1 aromatic heterocycles. The number of rotatable bonds is 0. The third-order valence-electron chi connectivity index (χ3n) is 2.25. The third-order valence-corrected chi connectivity index (χ3v) is 2.25. The predicted molar refractivity (Wildman–Crippen MR) is 71.5 cm³/mol. The zero-order valence-corrected chi connectivity index (χ0v) is 9.96. The molecule has 3 rings (SSSR count). The van der Waals surface area contributed by atoms with Gasteiger partial charge in [0.15, 0.2) is 0 Å². The van der Waals surface area contributed by atoms with Crippen molar-refractivity contribution in [3.05, 3.63) is 48.5 Å². The minimum Gasteiger partial charge on any atom is -0.245 e. The second kappa shape index (κ2) is 5.10. The summed E-state index contributed by atoms with van der Waals surface area (Å²) in [4.78, 5) is 9.03. The number of nitrogens with zero attached hydrogens (tertiary/aromatic N) is 2. The van der Waals surface area contributed by atoms with Crippen LogP contribution in [0.15, 0.2) is 48.5 Å². The molecule has 0 bridgehead atoms. The standard InChI is InChI=1S/C12H8N2.2ClH/c1-2-6-10-9(5-1)13-11-7-3-4-8-12(11)14-10;;/h1-8H;2*1H. The van der Waals surface area contributed by atoms with Crippen LogP contribution in [0.4, 0.5) is 0 Å². The molecule has 0 spiro atoms. The molecular formula is C12H10Cl2N2. The summed E-state index contributed by atoms with van der Waals surface area (Å²) >= 11 is 0. The molecule has 0 N–H and O–H groups in total. The van der Waals surface area contributed by atoms with Crippen LogP contribution in [0.25, 0.3) is 22.1 Å². The Morgan fingerprint density at radius 1 is 0.500 bits per heavy atom. The second-order valence-corrected chi connectivity index (χ2v) is 3.20. The number of halogens is 2. The fourth-order valence-electron chi connectivity index (χ4n) is 1.57. The maximum absolute atomic E-state index is 4.52. The fraction of sp³-hybridized carbons (Fsp3) is 0. The number of hydrogen-bond donors (Lipinski definition) is 0. The van der Waals surface area contributed by atoms with Crippen molar-refractivity contribution in [2.45, 2.75) is 0 Å². The zero-order valence-electron chi connectivity index (χ0n) is 8.33. The Balaban J connectivity index is 0.000000640. The molecule has 0 aliphatic carbocycles. The van der Waals surface area contributed by atoms with Gasteiger partial charge in [-0.1, -0.05) is 24.3 Å². The van der Waals surface area contributed by atoms with Crippen molar-refractivity contribution in [2.24, 2.45) is 0 Å². The predicted octanol–water partition coefficient (Wildman–Crippen LogP) is 3.63. The van der Waals surface area contributed by atoms with Gasteiger partial charge in [0.2, 0.25) is 0 Å². The third kappa shape index (κ3) is 2.08. The van der Waals surface area contributed by atoms with Gasteiger partial charge in [0, 0.05) is 0 Å². The quantitative estimate of drug-likeness (QED) is 0.572. The van der Waals surface area contributed by atoms with E-state index in [-0.39, 0.29) is 24.8 Å². The van der Waals surface area contributed by atoms with Crippen molar-refractivity contribution in [2.75, 3.05) is 0 Å². The summed E-state index contributed by atoms with van der Waals surface area (Å²) in [5.41, 5.74) is 3.80. The molecule has 0 aliphatic rings. The van der Waals surface area contributed by atoms with Crippen LogP contribution in [0.5, 0.6) is 0 Å². The van der Waals surface area contributed by atoms with Crippen molar-refractivity contribution < 1.29 is 0 Å². The van der Waals surface area contributed by atoms with Crippen LogP contribution in [-0.2, 0) is 0 Å². The van der Waals surface area contributed by atoms with Crippen molar-refractivity contribution in [1.29, 1.82) is 0 Å². The number of hydrogen-bond acceptors (Lipinski definition) is 2. The highest BCUT2D eigenvalue weighted by molar-refractivity contribution is 5.86. The molecule has 4 heteroatoms. The highest BCUT2D eigenvalue weighted by Gasteiger charge is 1.98. The van der Waals surface area contributed by atoms with E-state index < -0.39 is 0 Å². The van der Waals surface area contributed by atoms with Crippen LogP contribution >= 0.6 is 24.8 Å². The van der Waals surface area contributed by atoms with E-state index in [1.165, 1.54) is 0 Å². The maximum atomic E-state index is 4.52. The number of benzene rings is 2. The molecule has 2 aromatic carbocycles. The summed E-state index contributed by atoms with van der Waals surface area (Å²) in [7, 11) is 0. The fourth-order valence-corrected chi connectivity index (χ4v) is 1.57. The zero-order chi connectivity index (χ0) is 9.38. The molecule has 2 nitrogen and oxygen atoms in total. The largest absolute Gasteiger partial charge is 0.245 e. The Morgan fingerprint density at radius 3 is 1.00 bits per heavy atom. The minimum absolute atomic E-state index is 0. The maximum Gasteiger partial charge on any atom is 0.0894 e. The molecule has 1 heterocycles. The van der Waals surface area contributed by atoms with E-state index in [1.807, 2.05) is 48.5 Å². The first-order valence-electron chi connectivity index (χ1n) is 4.55. The lowest BCUT2D eigenvalue weighted by molar-refractivity contribution is 1.39. The van der Waals surface area contributed by atoms with Crippen LogP contribution in [0.2, 0.25) is 0 Å². The summed E-state index contributed by atoms with van der Waals surface area (Å²) in [5, 5.41) is 0. The van der Waals surface area contributed by atoms with Gasteiger partial charge in [-0.25, -0.2) is 9.97 Å². The lowest BCUT2D eigenvalue weighted by Crippen LogP contribution is -1.85.